The predicted octanol–water partition coefficient (Wildman–Crippen LogP) is 3.59. The average molecular weight is 502 g/mol. The second kappa shape index (κ2) is 11.3. The Morgan fingerprint density at radius 2 is 1.72 bits per heavy atom. The molecule has 1 aliphatic heterocycles. The lowest BCUT2D eigenvalue weighted by molar-refractivity contribution is -0.148. The van der Waals surface area contributed by atoms with Crippen LogP contribution in [0.2, 0.25) is 0 Å². The van der Waals surface area contributed by atoms with Crippen LogP contribution in [0.25, 0.3) is 0 Å². The van der Waals surface area contributed by atoms with E-state index >= 15 is 0 Å². The summed E-state index contributed by atoms with van der Waals surface area (Å²) in [5.41, 5.74) is 5.81. The zero-order valence-corrected chi connectivity index (χ0v) is 21.9. The van der Waals surface area contributed by atoms with Crippen molar-refractivity contribution in [3.8, 4) is 0 Å². The van der Waals surface area contributed by atoms with Crippen LogP contribution in [0.3, 0.4) is 0 Å². The van der Waals surface area contributed by atoms with E-state index in [9.17, 15) is 19.2 Å². The van der Waals surface area contributed by atoms with Gasteiger partial charge in [0.15, 0.2) is 0 Å². The van der Waals surface area contributed by atoms with Crippen molar-refractivity contribution in [2.75, 3.05) is 17.2 Å². The molecule has 2 atom stereocenters. The Balaban J connectivity index is 1.64. The Morgan fingerprint density at radius 1 is 1.06 bits per heavy atom. The first-order valence-corrected chi connectivity index (χ1v) is 12.7. The highest BCUT2D eigenvalue weighted by molar-refractivity contribution is 6.39. The van der Waals surface area contributed by atoms with Gasteiger partial charge in [0.2, 0.25) is 5.91 Å². The number of nitrogens with zero attached hydrogens (tertiary/aromatic N) is 2. The summed E-state index contributed by atoms with van der Waals surface area (Å²) in [6.07, 6.45) is 5.73. The minimum Gasteiger partial charge on any atom is -0.444 e. The Bertz CT molecular complexity index is 997. The number of hydrogen-bond donors (Lipinski definition) is 3. The first-order chi connectivity index (χ1) is 16.8. The number of nitrogens with two attached hydrogens (primary N) is 1. The Labute approximate surface area is 212 Å². The normalized spacial score (nSPS) is 24.5. The van der Waals surface area contributed by atoms with Gasteiger partial charge in [0.05, 0.1) is 11.9 Å². The topological polar surface area (TPSA) is 144 Å². The SMILES string of the molecule is Cc1cc(NC(=O)C(=O)N2C[C@H](C)CC[C@H]2C2CCC(C(N)=O)CC2)cnc1NC(=O)OC(C)(C)C. The molecule has 1 aromatic heterocycles. The standard InChI is InChI=1S/C26H39N5O5/c1-15-6-11-20(17-7-9-18(10-8-17)21(27)32)31(14-15)24(34)23(33)29-19-12-16(2)22(28-13-19)30-25(35)36-26(3,4)5/h12-13,15,17-18,20H,6-11,14H2,1-5H3,(H2,27,32)(H,29,33)(H,28,30,35)/t15-,17?,18?,20+/m1/s1. The van der Waals surface area contributed by atoms with Gasteiger partial charge in [0, 0.05) is 18.5 Å². The highest BCUT2D eigenvalue weighted by Gasteiger charge is 2.39. The minimum atomic E-state index is -0.714. The third-order valence-electron chi connectivity index (χ3n) is 6.99. The average Bonchev–Trinajstić information content (AvgIpc) is 2.79. The monoisotopic (exact) mass is 501 g/mol. The van der Waals surface area contributed by atoms with Gasteiger partial charge in [0.1, 0.15) is 11.4 Å². The number of nitrogens with one attached hydrogen (secondary N) is 2. The number of ether oxygens (including phenoxy) is 1. The molecular formula is C26H39N5O5. The molecule has 2 fully saturated rings. The maximum atomic E-state index is 13.2. The third-order valence-corrected chi connectivity index (χ3v) is 6.99. The van der Waals surface area contributed by atoms with E-state index in [2.05, 4.69) is 22.5 Å². The largest absolute Gasteiger partial charge is 0.444 e. The van der Waals surface area contributed by atoms with Crippen molar-refractivity contribution in [1.82, 2.24) is 9.88 Å². The number of piperidine rings is 1. The fourth-order valence-corrected chi connectivity index (χ4v) is 5.18. The first-order valence-electron chi connectivity index (χ1n) is 12.7. The van der Waals surface area contributed by atoms with Crippen LogP contribution in [0.1, 0.15) is 71.8 Å². The molecule has 4 amide bonds. The number of rotatable bonds is 4. The van der Waals surface area contributed by atoms with Crippen LogP contribution in [-0.4, -0.2) is 51.9 Å². The molecule has 10 heteroatoms. The van der Waals surface area contributed by atoms with Gasteiger partial charge in [-0.25, -0.2) is 9.78 Å². The fraction of sp³-hybridized carbons (Fsp3) is 0.654. The van der Waals surface area contributed by atoms with Crippen LogP contribution in [0, 0.1) is 24.7 Å². The predicted molar refractivity (Wildman–Crippen MR) is 136 cm³/mol. The summed E-state index contributed by atoms with van der Waals surface area (Å²) in [7, 11) is 0. The zero-order valence-electron chi connectivity index (χ0n) is 21.9. The molecule has 1 aliphatic carbocycles. The number of carbonyl (C=O) groups excluding carboxylic acids is 4. The summed E-state index contributed by atoms with van der Waals surface area (Å²) in [6.45, 7) is 9.65. The molecule has 1 saturated heterocycles. The summed E-state index contributed by atoms with van der Waals surface area (Å²) in [5, 5.41) is 5.25. The zero-order chi connectivity index (χ0) is 26.6. The van der Waals surface area contributed by atoms with Crippen molar-refractivity contribution in [1.29, 1.82) is 0 Å². The molecule has 0 radical (unpaired) electrons. The van der Waals surface area contributed by atoms with E-state index < -0.39 is 23.5 Å². The van der Waals surface area contributed by atoms with Crippen LogP contribution in [0.4, 0.5) is 16.3 Å². The molecule has 1 aromatic rings. The molecule has 1 saturated carbocycles. The molecule has 0 unspecified atom stereocenters. The van der Waals surface area contributed by atoms with E-state index in [0.29, 0.717) is 29.5 Å². The second-order valence-corrected chi connectivity index (χ2v) is 11.2. The van der Waals surface area contributed by atoms with Crippen LogP contribution < -0.4 is 16.4 Å². The van der Waals surface area contributed by atoms with Gasteiger partial charge in [-0.2, -0.15) is 0 Å². The molecule has 0 aromatic carbocycles. The van der Waals surface area contributed by atoms with Crippen molar-refractivity contribution in [2.24, 2.45) is 23.5 Å². The quantitative estimate of drug-likeness (QED) is 0.538. The number of amides is 4. The van der Waals surface area contributed by atoms with Crippen LogP contribution in [0.5, 0.6) is 0 Å². The van der Waals surface area contributed by atoms with E-state index in [1.165, 1.54) is 6.20 Å². The van der Waals surface area contributed by atoms with Crippen LogP contribution in [-0.2, 0) is 19.1 Å². The highest BCUT2D eigenvalue weighted by atomic mass is 16.6. The summed E-state index contributed by atoms with van der Waals surface area (Å²) in [5.74, 6) is -0.751. The fourth-order valence-electron chi connectivity index (χ4n) is 5.18. The molecule has 2 heterocycles. The molecule has 2 aliphatic rings. The smallest absolute Gasteiger partial charge is 0.413 e. The van der Waals surface area contributed by atoms with E-state index in [1.807, 2.05) is 0 Å². The second-order valence-electron chi connectivity index (χ2n) is 11.2. The highest BCUT2D eigenvalue weighted by Crippen LogP contribution is 2.37. The molecule has 3 rings (SSSR count). The summed E-state index contributed by atoms with van der Waals surface area (Å²) < 4.78 is 5.24. The van der Waals surface area contributed by atoms with Crippen molar-refractivity contribution in [3.05, 3.63) is 17.8 Å². The maximum absolute atomic E-state index is 13.2. The number of likely N-dealkylation sites (tertiary alicyclic amines) is 1. The third kappa shape index (κ3) is 7.18. The number of anilines is 2. The Hall–Kier alpha value is -3.17. The molecular weight excluding hydrogens is 462 g/mol. The lowest BCUT2D eigenvalue weighted by Crippen LogP contribution is -2.53. The number of pyridine rings is 1. The van der Waals surface area contributed by atoms with Gasteiger partial charge >= 0.3 is 17.9 Å². The van der Waals surface area contributed by atoms with Gasteiger partial charge in [-0.3, -0.25) is 19.7 Å². The molecule has 4 N–H and O–H groups in total. The molecule has 0 bridgehead atoms. The number of primary amides is 1. The Kier molecular flexibility index (Phi) is 8.58. The maximum Gasteiger partial charge on any atom is 0.413 e. The van der Waals surface area contributed by atoms with Gasteiger partial charge in [-0.1, -0.05) is 6.92 Å². The van der Waals surface area contributed by atoms with Crippen LogP contribution in [0.15, 0.2) is 12.3 Å². The van der Waals surface area contributed by atoms with Crippen molar-refractivity contribution < 1.29 is 23.9 Å². The minimum absolute atomic E-state index is 0.0199. The van der Waals surface area contributed by atoms with Crippen LogP contribution >= 0.6 is 0 Å². The van der Waals surface area contributed by atoms with Crippen molar-refractivity contribution >= 4 is 35.3 Å². The van der Waals surface area contributed by atoms with Gasteiger partial charge < -0.3 is 20.7 Å². The molecule has 198 valence electrons. The number of hydrogen-bond acceptors (Lipinski definition) is 6. The lowest BCUT2D eigenvalue weighted by Gasteiger charge is -2.44. The number of carbonyl (C=O) groups is 4. The van der Waals surface area contributed by atoms with E-state index in [1.54, 1.807) is 38.7 Å². The number of aromatic nitrogens is 1. The van der Waals surface area contributed by atoms with Crippen molar-refractivity contribution in [2.45, 2.75) is 84.8 Å². The van der Waals surface area contributed by atoms with Gasteiger partial charge in [-0.15, -0.1) is 0 Å². The summed E-state index contributed by atoms with van der Waals surface area (Å²) in [4.78, 5) is 55.7. The Morgan fingerprint density at radius 3 is 2.31 bits per heavy atom. The molecule has 0 spiro atoms. The van der Waals surface area contributed by atoms with E-state index in [-0.39, 0.29) is 23.8 Å². The molecule has 36 heavy (non-hydrogen) atoms. The van der Waals surface area contributed by atoms with Gasteiger partial charge in [0.25, 0.3) is 0 Å². The van der Waals surface area contributed by atoms with Gasteiger partial charge in [-0.05, 0) is 89.7 Å². The number of aryl methyl sites for hydroxylation is 1. The summed E-state index contributed by atoms with van der Waals surface area (Å²) in [6, 6.07) is 1.63. The molecule has 10 nitrogen and oxygen atoms in total. The van der Waals surface area contributed by atoms with E-state index in [4.69, 9.17) is 10.5 Å². The first kappa shape index (κ1) is 27.4. The summed E-state index contributed by atoms with van der Waals surface area (Å²) >= 11 is 0. The van der Waals surface area contributed by atoms with Crippen molar-refractivity contribution in [3.63, 3.8) is 0 Å². The van der Waals surface area contributed by atoms with E-state index in [0.717, 1.165) is 38.5 Å². The lowest BCUT2D eigenvalue weighted by atomic mass is 9.75.